The number of hydrogen-bond acceptors (Lipinski definition) is 7. The number of benzene rings is 2. The summed E-state index contributed by atoms with van der Waals surface area (Å²) in [5.74, 6) is 0.0862. The van der Waals surface area contributed by atoms with Gasteiger partial charge in [0.2, 0.25) is 11.8 Å². The summed E-state index contributed by atoms with van der Waals surface area (Å²) < 4.78 is 17.2. The van der Waals surface area contributed by atoms with E-state index in [9.17, 15) is 9.90 Å². The van der Waals surface area contributed by atoms with Crippen LogP contribution in [-0.4, -0.2) is 52.2 Å². The first-order valence-corrected chi connectivity index (χ1v) is 12.2. The molecule has 0 radical (unpaired) electrons. The second kappa shape index (κ2) is 9.78. The molecule has 0 amide bonds. The van der Waals surface area contributed by atoms with E-state index < -0.39 is 11.5 Å². The van der Waals surface area contributed by atoms with Crippen molar-refractivity contribution < 1.29 is 24.1 Å². The van der Waals surface area contributed by atoms with Gasteiger partial charge < -0.3 is 19.3 Å². The zero-order valence-corrected chi connectivity index (χ0v) is 20.9. The maximum atomic E-state index is 12.1. The lowest BCUT2D eigenvalue weighted by Crippen LogP contribution is -2.47. The van der Waals surface area contributed by atoms with Crippen LogP contribution in [0.4, 0.5) is 0 Å². The van der Waals surface area contributed by atoms with E-state index in [0.29, 0.717) is 36.8 Å². The molecule has 1 aromatic heterocycles. The van der Waals surface area contributed by atoms with Gasteiger partial charge in [-0.15, -0.1) is 0 Å². The first-order chi connectivity index (χ1) is 17.5. The minimum absolute atomic E-state index is 0.146. The molecule has 0 spiro atoms. The van der Waals surface area contributed by atoms with Gasteiger partial charge >= 0.3 is 12.0 Å². The van der Waals surface area contributed by atoms with Gasteiger partial charge in [-0.1, -0.05) is 48.5 Å². The summed E-state index contributed by atoms with van der Waals surface area (Å²) in [6.45, 7) is 3.40. The Kier molecular flexibility index (Phi) is 6.53. The number of aromatic nitrogens is 2. The fraction of sp³-hybridized carbons (Fsp3) is 0.393. The number of carbonyl (C=O) groups is 1. The molecule has 1 saturated carbocycles. The van der Waals surface area contributed by atoms with Gasteiger partial charge in [0, 0.05) is 6.54 Å². The third kappa shape index (κ3) is 4.26. The SMILES string of the molecule is COc1nc(OCc2cccc(-c3ccccc3)c2C)nc(OC)c1CN1CCCC2C[C@]21C(=O)O. The second-order valence-electron chi connectivity index (χ2n) is 9.44. The largest absolute Gasteiger partial charge is 0.481 e. The molecule has 1 aliphatic carbocycles. The Morgan fingerprint density at radius 1 is 1.08 bits per heavy atom. The molecular weight excluding hydrogens is 458 g/mol. The van der Waals surface area contributed by atoms with E-state index in [1.54, 1.807) is 0 Å². The number of carboxylic acids is 1. The number of ether oxygens (including phenoxy) is 3. The highest BCUT2D eigenvalue weighted by atomic mass is 16.5. The van der Waals surface area contributed by atoms with Crippen molar-refractivity contribution in [1.29, 1.82) is 0 Å². The van der Waals surface area contributed by atoms with Crippen molar-refractivity contribution in [3.63, 3.8) is 0 Å². The third-order valence-corrected chi connectivity index (χ3v) is 7.52. The molecule has 0 bridgehead atoms. The molecule has 2 heterocycles. The van der Waals surface area contributed by atoms with Crippen LogP contribution in [-0.2, 0) is 17.9 Å². The minimum Gasteiger partial charge on any atom is -0.481 e. The van der Waals surface area contributed by atoms with Crippen molar-refractivity contribution in [1.82, 2.24) is 14.9 Å². The maximum Gasteiger partial charge on any atom is 0.324 e. The Labute approximate surface area is 210 Å². The Bertz CT molecular complexity index is 1240. The van der Waals surface area contributed by atoms with Gasteiger partial charge in [-0.2, -0.15) is 9.97 Å². The number of fused-ring (bicyclic) bond motifs is 1. The molecule has 2 aliphatic rings. The Balaban J connectivity index is 1.37. The molecule has 2 atom stereocenters. The Hall–Kier alpha value is -3.65. The van der Waals surface area contributed by atoms with E-state index in [-0.39, 0.29) is 18.5 Å². The van der Waals surface area contributed by atoms with Gasteiger partial charge in [-0.3, -0.25) is 9.69 Å². The first kappa shape index (κ1) is 24.1. The first-order valence-electron chi connectivity index (χ1n) is 12.2. The number of likely N-dealkylation sites (tertiary alicyclic amines) is 1. The molecule has 1 saturated heterocycles. The van der Waals surface area contributed by atoms with Crippen molar-refractivity contribution in [3.8, 4) is 28.9 Å². The zero-order chi connectivity index (χ0) is 25.3. The highest BCUT2D eigenvalue weighted by molar-refractivity contribution is 5.83. The van der Waals surface area contributed by atoms with E-state index in [0.717, 1.165) is 35.1 Å². The van der Waals surface area contributed by atoms with Crippen molar-refractivity contribution in [3.05, 3.63) is 65.2 Å². The minimum atomic E-state index is -0.801. The molecule has 8 heteroatoms. The van der Waals surface area contributed by atoms with E-state index in [1.807, 2.05) is 35.2 Å². The van der Waals surface area contributed by atoms with Crippen molar-refractivity contribution in [2.75, 3.05) is 20.8 Å². The predicted octanol–water partition coefficient (Wildman–Crippen LogP) is 4.49. The van der Waals surface area contributed by atoms with E-state index in [2.05, 4.69) is 35.1 Å². The third-order valence-electron chi connectivity index (χ3n) is 7.52. The molecule has 188 valence electrons. The summed E-state index contributed by atoms with van der Waals surface area (Å²) in [6, 6.07) is 16.5. The van der Waals surface area contributed by atoms with Crippen LogP contribution in [0.1, 0.15) is 36.0 Å². The van der Waals surface area contributed by atoms with Gasteiger partial charge in [0.25, 0.3) is 0 Å². The summed E-state index contributed by atoms with van der Waals surface area (Å²) in [6.07, 6.45) is 2.59. The molecule has 2 fully saturated rings. The van der Waals surface area contributed by atoms with Crippen molar-refractivity contribution >= 4 is 5.97 Å². The maximum absolute atomic E-state index is 12.1. The number of rotatable bonds is 9. The molecule has 3 aromatic rings. The lowest BCUT2D eigenvalue weighted by Gasteiger charge is -2.33. The van der Waals surface area contributed by atoms with Gasteiger partial charge in [0.1, 0.15) is 12.1 Å². The normalized spacial score (nSPS) is 20.9. The van der Waals surface area contributed by atoms with Gasteiger partial charge in [-0.25, -0.2) is 0 Å². The highest BCUT2D eigenvalue weighted by Gasteiger charge is 2.65. The van der Waals surface area contributed by atoms with E-state index in [4.69, 9.17) is 14.2 Å². The molecule has 1 aliphatic heterocycles. The predicted molar refractivity (Wildman–Crippen MR) is 134 cm³/mol. The van der Waals surface area contributed by atoms with Gasteiger partial charge in [0.05, 0.1) is 19.8 Å². The molecule has 36 heavy (non-hydrogen) atoms. The summed E-state index contributed by atoms with van der Waals surface area (Å²) in [7, 11) is 3.07. The Morgan fingerprint density at radius 3 is 2.47 bits per heavy atom. The number of hydrogen-bond donors (Lipinski definition) is 1. The van der Waals surface area contributed by atoms with Crippen LogP contribution in [0, 0.1) is 12.8 Å². The van der Waals surface area contributed by atoms with Gasteiger partial charge in [0.15, 0.2) is 0 Å². The van der Waals surface area contributed by atoms with Crippen LogP contribution in [0.5, 0.6) is 17.8 Å². The van der Waals surface area contributed by atoms with Crippen LogP contribution in [0.3, 0.4) is 0 Å². The van der Waals surface area contributed by atoms with Crippen LogP contribution in [0.25, 0.3) is 11.1 Å². The molecular formula is C28H31N3O5. The summed E-state index contributed by atoms with van der Waals surface area (Å²) >= 11 is 0. The monoisotopic (exact) mass is 489 g/mol. The lowest BCUT2D eigenvalue weighted by atomic mass is 9.97. The smallest absolute Gasteiger partial charge is 0.324 e. The standard InChI is InChI=1S/C28H31N3O5/c1-18-20(11-7-13-22(18)19-9-5-4-6-10-19)17-36-27-29-24(34-2)23(25(30-27)35-3)16-31-14-8-12-21-15-28(21,31)26(32)33/h4-7,9-11,13,21H,8,12,14-17H2,1-3H3,(H,32,33)/t21?,28-/m1/s1. The number of carboxylic acid groups (broad SMARTS) is 1. The number of nitrogens with zero attached hydrogens (tertiary/aromatic N) is 3. The molecule has 2 aromatic carbocycles. The summed E-state index contributed by atoms with van der Waals surface area (Å²) in [5.41, 5.74) is 4.28. The van der Waals surface area contributed by atoms with E-state index in [1.165, 1.54) is 14.2 Å². The highest BCUT2D eigenvalue weighted by Crippen LogP contribution is 2.55. The lowest BCUT2D eigenvalue weighted by molar-refractivity contribution is -0.147. The topological polar surface area (TPSA) is 94.0 Å². The molecule has 5 rings (SSSR count). The average Bonchev–Trinajstić information content (AvgIpc) is 3.66. The fourth-order valence-electron chi connectivity index (χ4n) is 5.46. The number of piperidine rings is 1. The van der Waals surface area contributed by atoms with Crippen molar-refractivity contribution in [2.45, 2.75) is 44.9 Å². The van der Waals surface area contributed by atoms with Crippen molar-refractivity contribution in [2.24, 2.45) is 5.92 Å². The van der Waals surface area contributed by atoms with Crippen LogP contribution in [0.2, 0.25) is 0 Å². The van der Waals surface area contributed by atoms with Crippen LogP contribution in [0.15, 0.2) is 48.5 Å². The Morgan fingerprint density at radius 2 is 1.81 bits per heavy atom. The van der Waals surface area contributed by atoms with Crippen LogP contribution < -0.4 is 14.2 Å². The second-order valence-corrected chi connectivity index (χ2v) is 9.44. The van der Waals surface area contributed by atoms with Crippen LogP contribution >= 0.6 is 0 Å². The number of aliphatic carboxylic acids is 1. The molecule has 1 unspecified atom stereocenters. The summed E-state index contributed by atoms with van der Waals surface area (Å²) in [4.78, 5) is 23.1. The molecule has 1 N–H and O–H groups in total. The van der Waals surface area contributed by atoms with Gasteiger partial charge in [-0.05, 0) is 60.9 Å². The number of methoxy groups -OCH3 is 2. The van der Waals surface area contributed by atoms with E-state index >= 15 is 0 Å². The summed E-state index contributed by atoms with van der Waals surface area (Å²) in [5, 5.41) is 9.92. The fourth-order valence-corrected chi connectivity index (χ4v) is 5.46. The zero-order valence-electron chi connectivity index (χ0n) is 20.9. The molecule has 8 nitrogen and oxygen atoms in total. The average molecular weight is 490 g/mol. The quantitative estimate of drug-likeness (QED) is 0.470.